The molecule has 1 aromatic heterocycles. The van der Waals surface area contributed by atoms with Crippen LogP contribution in [-0.2, 0) is 22.6 Å². The third-order valence-electron chi connectivity index (χ3n) is 8.36. The molecule has 0 saturated heterocycles. The van der Waals surface area contributed by atoms with Crippen molar-refractivity contribution in [1.29, 1.82) is 0 Å². The fourth-order valence-electron chi connectivity index (χ4n) is 6.06. The number of benzene rings is 3. The molecular weight excluding hydrogens is 528 g/mol. The first kappa shape index (κ1) is 27.7. The van der Waals surface area contributed by atoms with Gasteiger partial charge in [0.1, 0.15) is 6.04 Å². The van der Waals surface area contributed by atoms with Gasteiger partial charge < -0.3 is 29.6 Å². The molecule has 1 fully saturated rings. The van der Waals surface area contributed by atoms with Crippen molar-refractivity contribution in [3.8, 4) is 11.5 Å². The summed E-state index contributed by atoms with van der Waals surface area (Å²) in [6, 6.07) is 20.9. The summed E-state index contributed by atoms with van der Waals surface area (Å²) in [5.74, 6) is 1.06. The molecule has 218 valence electrons. The maximum Gasteiger partial charge on any atom is 0.247 e. The van der Waals surface area contributed by atoms with E-state index in [0.29, 0.717) is 11.5 Å². The predicted molar refractivity (Wildman–Crippen MR) is 164 cm³/mol. The van der Waals surface area contributed by atoms with Gasteiger partial charge in [-0.05, 0) is 59.9 Å². The number of para-hydroxylation sites is 1. The molecule has 1 unspecified atom stereocenters. The number of aromatic amines is 1. The van der Waals surface area contributed by atoms with Gasteiger partial charge in [-0.1, -0.05) is 55.7 Å². The Bertz CT molecular complexity index is 1560. The third-order valence-corrected chi connectivity index (χ3v) is 8.36. The number of amides is 2. The van der Waals surface area contributed by atoms with Gasteiger partial charge >= 0.3 is 0 Å². The molecule has 1 atom stereocenters. The Morgan fingerprint density at radius 2 is 1.71 bits per heavy atom. The summed E-state index contributed by atoms with van der Waals surface area (Å²) in [7, 11) is 3.97. The maximum atomic E-state index is 14.3. The van der Waals surface area contributed by atoms with Crippen LogP contribution in [0, 0.1) is 0 Å². The lowest BCUT2D eigenvalue weighted by Crippen LogP contribution is -2.47. The van der Waals surface area contributed by atoms with Crippen molar-refractivity contribution in [2.45, 2.75) is 57.2 Å². The average Bonchev–Trinajstić information content (AvgIpc) is 3.64. The van der Waals surface area contributed by atoms with Crippen molar-refractivity contribution in [3.63, 3.8) is 0 Å². The number of hydrogen-bond donors (Lipinski definition) is 2. The Balaban J connectivity index is 1.38. The average molecular weight is 567 g/mol. The summed E-state index contributed by atoms with van der Waals surface area (Å²) in [5, 5.41) is 4.32. The molecule has 3 aromatic carbocycles. The van der Waals surface area contributed by atoms with Gasteiger partial charge in [-0.15, -0.1) is 0 Å². The van der Waals surface area contributed by atoms with E-state index in [0.717, 1.165) is 59.0 Å². The van der Waals surface area contributed by atoms with Crippen molar-refractivity contribution in [1.82, 2.24) is 15.2 Å². The van der Waals surface area contributed by atoms with Gasteiger partial charge in [-0.3, -0.25) is 9.59 Å². The number of aromatic nitrogens is 1. The van der Waals surface area contributed by atoms with Gasteiger partial charge in [0.05, 0.1) is 6.42 Å². The number of H-pyrrole nitrogens is 1. The molecule has 1 aliphatic heterocycles. The maximum absolute atomic E-state index is 14.3. The van der Waals surface area contributed by atoms with Crippen LogP contribution in [0.25, 0.3) is 10.9 Å². The van der Waals surface area contributed by atoms with Crippen LogP contribution >= 0.6 is 0 Å². The second kappa shape index (κ2) is 12.2. The number of anilines is 1. The second-order valence-electron chi connectivity index (χ2n) is 11.5. The number of carbonyl (C=O) groups excluding carboxylic acids is 2. The Kier molecular flexibility index (Phi) is 8.04. The van der Waals surface area contributed by atoms with Gasteiger partial charge in [0.25, 0.3) is 0 Å². The third kappa shape index (κ3) is 5.93. The van der Waals surface area contributed by atoms with Crippen molar-refractivity contribution < 1.29 is 19.1 Å². The highest BCUT2D eigenvalue weighted by Crippen LogP contribution is 2.34. The van der Waals surface area contributed by atoms with Crippen LogP contribution in [0.3, 0.4) is 0 Å². The highest BCUT2D eigenvalue weighted by molar-refractivity contribution is 5.92. The number of nitrogens with one attached hydrogen (secondary N) is 2. The molecule has 2 amide bonds. The first-order chi connectivity index (χ1) is 20.5. The van der Waals surface area contributed by atoms with Crippen molar-refractivity contribution >= 4 is 28.4 Å². The number of carbonyl (C=O) groups is 2. The number of ether oxygens (including phenoxy) is 2. The van der Waals surface area contributed by atoms with Gasteiger partial charge in [0.15, 0.2) is 11.5 Å². The van der Waals surface area contributed by atoms with Gasteiger partial charge in [0.2, 0.25) is 18.6 Å². The molecule has 2 N–H and O–H groups in total. The number of fused-ring (bicyclic) bond motifs is 2. The van der Waals surface area contributed by atoms with Crippen LogP contribution in [0.15, 0.2) is 72.9 Å². The molecule has 0 spiro atoms. The molecule has 1 aliphatic carbocycles. The van der Waals surface area contributed by atoms with Crippen molar-refractivity contribution in [2.75, 3.05) is 25.8 Å². The minimum Gasteiger partial charge on any atom is -0.454 e. The van der Waals surface area contributed by atoms with E-state index in [-0.39, 0.29) is 37.6 Å². The molecule has 42 heavy (non-hydrogen) atoms. The van der Waals surface area contributed by atoms with E-state index in [1.807, 2.05) is 91.9 Å². The lowest BCUT2D eigenvalue weighted by molar-refractivity contribution is -0.141. The molecule has 0 radical (unpaired) electrons. The molecule has 8 nitrogen and oxygen atoms in total. The quantitative estimate of drug-likeness (QED) is 0.271. The summed E-state index contributed by atoms with van der Waals surface area (Å²) >= 11 is 0. The Morgan fingerprint density at radius 1 is 0.952 bits per heavy atom. The molecule has 1 saturated carbocycles. The monoisotopic (exact) mass is 566 g/mol. The number of rotatable bonds is 9. The topological polar surface area (TPSA) is 86.9 Å². The Hall–Kier alpha value is -4.46. The van der Waals surface area contributed by atoms with E-state index in [9.17, 15) is 9.59 Å². The molecule has 2 aliphatic rings. The van der Waals surface area contributed by atoms with E-state index in [4.69, 9.17) is 9.47 Å². The normalized spacial score (nSPS) is 15.4. The fraction of sp³-hybridized carbons (Fsp3) is 0.353. The molecule has 6 rings (SSSR count). The summed E-state index contributed by atoms with van der Waals surface area (Å²) in [5.41, 5.74) is 4.56. The lowest BCUT2D eigenvalue weighted by Gasteiger charge is -2.34. The van der Waals surface area contributed by atoms with Gasteiger partial charge in [-0.25, -0.2) is 0 Å². The lowest BCUT2D eigenvalue weighted by atomic mass is 9.94. The standard InChI is InChI=1S/C34H38N4O4/c1-37(2)27-15-13-24(14-16-27)33(34(40)36-26-8-4-3-5-9-26)38(21-23-12-17-30-31(18-23)42-22-41-30)32(39)19-25-20-35-29-11-7-6-10-28(25)29/h6-7,10-18,20,26,33,35H,3-5,8-9,19,21-22H2,1-2H3,(H,36,40). The van der Waals surface area contributed by atoms with E-state index in [2.05, 4.69) is 10.3 Å². The highest BCUT2D eigenvalue weighted by atomic mass is 16.7. The highest BCUT2D eigenvalue weighted by Gasteiger charge is 2.33. The van der Waals surface area contributed by atoms with Crippen LogP contribution in [0.1, 0.15) is 54.8 Å². The van der Waals surface area contributed by atoms with Crippen LogP contribution in [0.4, 0.5) is 5.69 Å². The summed E-state index contributed by atoms with van der Waals surface area (Å²) < 4.78 is 11.1. The zero-order valence-electron chi connectivity index (χ0n) is 24.3. The zero-order valence-corrected chi connectivity index (χ0v) is 24.3. The van der Waals surface area contributed by atoms with Crippen molar-refractivity contribution in [3.05, 3.63) is 89.6 Å². The van der Waals surface area contributed by atoms with Crippen LogP contribution < -0.4 is 19.7 Å². The van der Waals surface area contributed by atoms with E-state index >= 15 is 0 Å². The summed E-state index contributed by atoms with van der Waals surface area (Å²) in [6.07, 6.45) is 7.39. The van der Waals surface area contributed by atoms with E-state index in [1.54, 1.807) is 4.90 Å². The molecule has 8 heteroatoms. The minimum atomic E-state index is -0.800. The fourth-order valence-corrected chi connectivity index (χ4v) is 6.06. The van der Waals surface area contributed by atoms with Gasteiger partial charge in [0, 0.05) is 49.5 Å². The minimum absolute atomic E-state index is 0.117. The zero-order chi connectivity index (χ0) is 29.1. The molecule has 4 aromatic rings. The smallest absolute Gasteiger partial charge is 0.247 e. The Morgan fingerprint density at radius 3 is 2.50 bits per heavy atom. The summed E-state index contributed by atoms with van der Waals surface area (Å²) in [4.78, 5) is 35.6. The SMILES string of the molecule is CN(C)c1ccc(C(C(=O)NC2CCCCC2)N(Cc2ccc3c(c2)OCO3)C(=O)Cc2c[nH]c3ccccc23)cc1. The Labute approximate surface area is 246 Å². The largest absolute Gasteiger partial charge is 0.454 e. The second-order valence-corrected chi connectivity index (χ2v) is 11.5. The predicted octanol–water partition coefficient (Wildman–Crippen LogP) is 5.72. The number of nitrogens with zero attached hydrogens (tertiary/aromatic N) is 2. The van der Waals surface area contributed by atoms with Gasteiger partial charge in [-0.2, -0.15) is 0 Å². The van der Waals surface area contributed by atoms with E-state index in [1.165, 1.54) is 6.42 Å². The molecular formula is C34H38N4O4. The van der Waals surface area contributed by atoms with Crippen molar-refractivity contribution in [2.24, 2.45) is 0 Å². The molecule has 0 bridgehead atoms. The molecule has 2 heterocycles. The van der Waals surface area contributed by atoms with Crippen LogP contribution in [0.5, 0.6) is 11.5 Å². The van der Waals surface area contributed by atoms with Crippen LogP contribution in [0.2, 0.25) is 0 Å². The number of hydrogen-bond acceptors (Lipinski definition) is 5. The van der Waals surface area contributed by atoms with Crippen LogP contribution in [-0.4, -0.2) is 48.6 Å². The van der Waals surface area contributed by atoms with E-state index < -0.39 is 6.04 Å². The first-order valence-electron chi connectivity index (χ1n) is 14.8. The summed E-state index contributed by atoms with van der Waals surface area (Å²) in [6.45, 7) is 0.419. The first-order valence-corrected chi connectivity index (χ1v) is 14.8.